The van der Waals surface area contributed by atoms with Crippen LogP contribution in [0.25, 0.3) is 0 Å². The number of hydrogen-bond acceptors (Lipinski definition) is 1. The molecular formula is C7H8KN. The molecule has 0 fully saturated rings. The van der Waals surface area contributed by atoms with Crippen LogP contribution in [0.1, 0.15) is 5.56 Å². The third-order valence-electron chi connectivity index (χ3n) is 1.01. The van der Waals surface area contributed by atoms with Crippen LogP contribution < -0.4 is 57.1 Å². The summed E-state index contributed by atoms with van der Waals surface area (Å²) >= 11 is 0. The van der Waals surface area contributed by atoms with Crippen LogP contribution in [0.15, 0.2) is 24.3 Å². The molecule has 0 aromatic heterocycles. The minimum absolute atomic E-state index is 0. The van der Waals surface area contributed by atoms with Crippen LogP contribution in [-0.2, 0) is 6.54 Å². The molecule has 0 aliphatic carbocycles. The van der Waals surface area contributed by atoms with E-state index < -0.39 is 0 Å². The van der Waals surface area contributed by atoms with Gasteiger partial charge >= 0.3 is 51.4 Å². The van der Waals surface area contributed by atoms with Crippen LogP contribution in [0, 0.1) is 6.07 Å². The molecule has 1 aromatic carbocycles. The van der Waals surface area contributed by atoms with Crippen molar-refractivity contribution in [1.82, 2.24) is 0 Å². The first-order valence-electron chi connectivity index (χ1n) is 2.58. The monoisotopic (exact) mass is 145 g/mol. The van der Waals surface area contributed by atoms with Crippen molar-refractivity contribution in [3.8, 4) is 0 Å². The van der Waals surface area contributed by atoms with Crippen molar-refractivity contribution >= 4 is 0 Å². The Hall–Kier alpha value is 0.816. The van der Waals surface area contributed by atoms with E-state index in [1.54, 1.807) is 0 Å². The number of rotatable bonds is 1. The zero-order chi connectivity index (χ0) is 5.82. The predicted molar refractivity (Wildman–Crippen MR) is 33.2 cm³/mol. The van der Waals surface area contributed by atoms with Gasteiger partial charge in [0.2, 0.25) is 0 Å². The smallest absolute Gasteiger partial charge is 0.337 e. The van der Waals surface area contributed by atoms with Crippen molar-refractivity contribution in [2.45, 2.75) is 6.54 Å². The molecule has 9 heavy (non-hydrogen) atoms. The van der Waals surface area contributed by atoms with Gasteiger partial charge in [0.05, 0.1) is 0 Å². The standard InChI is InChI=1S/C7H8N.K/c8-6-7-4-2-1-3-5-7;/h1-2,4-5H,6,8H2;/q-1;+1. The Morgan fingerprint density at radius 3 is 2.67 bits per heavy atom. The number of benzene rings is 1. The molecule has 1 aromatic rings. The second kappa shape index (κ2) is 5.59. The Kier molecular flexibility index (Phi) is 6.10. The van der Waals surface area contributed by atoms with Crippen molar-refractivity contribution in [2.75, 3.05) is 0 Å². The second-order valence-corrected chi connectivity index (χ2v) is 1.62. The van der Waals surface area contributed by atoms with Crippen LogP contribution in [-0.4, -0.2) is 0 Å². The SMILES string of the molecule is NCc1c[c-]ccc1.[K+]. The topological polar surface area (TPSA) is 26.0 Å². The fourth-order valence-corrected chi connectivity index (χ4v) is 0.557. The first kappa shape index (κ1) is 9.82. The van der Waals surface area contributed by atoms with Gasteiger partial charge in [-0.3, -0.25) is 0 Å². The number of hydrogen-bond donors (Lipinski definition) is 1. The quantitative estimate of drug-likeness (QED) is 0.357. The summed E-state index contributed by atoms with van der Waals surface area (Å²) in [4.78, 5) is 0. The van der Waals surface area contributed by atoms with Crippen LogP contribution in [0.3, 0.4) is 0 Å². The summed E-state index contributed by atoms with van der Waals surface area (Å²) in [6, 6.07) is 10.6. The maximum atomic E-state index is 5.33. The van der Waals surface area contributed by atoms with Gasteiger partial charge in [0.25, 0.3) is 0 Å². The Morgan fingerprint density at radius 1 is 1.56 bits per heavy atom. The molecule has 0 heterocycles. The third kappa shape index (κ3) is 3.50. The van der Waals surface area contributed by atoms with Crippen molar-refractivity contribution in [2.24, 2.45) is 5.73 Å². The summed E-state index contributed by atoms with van der Waals surface area (Å²) in [6.45, 7) is 0.608. The average Bonchev–Trinajstić information content (AvgIpc) is 1.90. The van der Waals surface area contributed by atoms with E-state index in [4.69, 9.17) is 5.73 Å². The second-order valence-electron chi connectivity index (χ2n) is 1.62. The fourth-order valence-electron chi connectivity index (χ4n) is 0.557. The molecule has 0 aliphatic rings. The molecule has 0 atom stereocenters. The van der Waals surface area contributed by atoms with E-state index in [-0.39, 0.29) is 51.4 Å². The molecule has 2 N–H and O–H groups in total. The maximum absolute atomic E-state index is 5.33. The molecule has 0 radical (unpaired) electrons. The summed E-state index contributed by atoms with van der Waals surface area (Å²) < 4.78 is 0. The Labute approximate surface area is 98.1 Å². The van der Waals surface area contributed by atoms with Crippen LogP contribution in [0.4, 0.5) is 0 Å². The van der Waals surface area contributed by atoms with Crippen molar-refractivity contribution < 1.29 is 51.4 Å². The van der Waals surface area contributed by atoms with Crippen molar-refractivity contribution in [3.05, 3.63) is 35.9 Å². The Balaban J connectivity index is 0.000000640. The van der Waals surface area contributed by atoms with Gasteiger partial charge in [-0.05, 0) is 6.54 Å². The van der Waals surface area contributed by atoms with Crippen LogP contribution in [0.5, 0.6) is 0 Å². The normalized spacial score (nSPS) is 8.11. The first-order chi connectivity index (χ1) is 3.93. The molecule has 0 bridgehead atoms. The van der Waals surface area contributed by atoms with Gasteiger partial charge in [-0.15, -0.1) is 5.56 Å². The zero-order valence-corrected chi connectivity index (χ0v) is 8.72. The predicted octanol–water partition coefficient (Wildman–Crippen LogP) is -2.05. The van der Waals surface area contributed by atoms with Gasteiger partial charge in [-0.2, -0.15) is 30.3 Å². The minimum Gasteiger partial charge on any atom is -0.337 e. The van der Waals surface area contributed by atoms with E-state index >= 15 is 0 Å². The molecule has 2 heteroatoms. The van der Waals surface area contributed by atoms with Gasteiger partial charge in [0, 0.05) is 0 Å². The van der Waals surface area contributed by atoms with E-state index in [1.807, 2.05) is 24.3 Å². The van der Waals surface area contributed by atoms with Gasteiger partial charge in [0.15, 0.2) is 0 Å². The summed E-state index contributed by atoms with van der Waals surface area (Å²) in [5.41, 5.74) is 6.46. The van der Waals surface area contributed by atoms with Crippen molar-refractivity contribution in [3.63, 3.8) is 0 Å². The van der Waals surface area contributed by atoms with E-state index in [0.29, 0.717) is 6.54 Å². The van der Waals surface area contributed by atoms with Gasteiger partial charge in [-0.25, -0.2) is 0 Å². The molecular weight excluding hydrogens is 137 g/mol. The Morgan fingerprint density at radius 2 is 2.33 bits per heavy atom. The molecule has 42 valence electrons. The Bertz CT molecular complexity index is 150. The molecule has 0 aliphatic heterocycles. The van der Waals surface area contributed by atoms with E-state index in [0.717, 1.165) is 5.56 Å². The van der Waals surface area contributed by atoms with Crippen LogP contribution in [0.2, 0.25) is 0 Å². The fraction of sp³-hybridized carbons (Fsp3) is 0.143. The summed E-state index contributed by atoms with van der Waals surface area (Å²) in [7, 11) is 0. The minimum atomic E-state index is 0. The van der Waals surface area contributed by atoms with Crippen molar-refractivity contribution in [1.29, 1.82) is 0 Å². The molecule has 1 nitrogen and oxygen atoms in total. The van der Waals surface area contributed by atoms with E-state index in [2.05, 4.69) is 6.07 Å². The van der Waals surface area contributed by atoms with Gasteiger partial charge in [0.1, 0.15) is 0 Å². The summed E-state index contributed by atoms with van der Waals surface area (Å²) in [6.07, 6.45) is 0. The summed E-state index contributed by atoms with van der Waals surface area (Å²) in [5.74, 6) is 0. The van der Waals surface area contributed by atoms with E-state index in [1.165, 1.54) is 0 Å². The van der Waals surface area contributed by atoms with Crippen LogP contribution >= 0.6 is 0 Å². The average molecular weight is 145 g/mol. The molecule has 0 saturated carbocycles. The summed E-state index contributed by atoms with van der Waals surface area (Å²) in [5, 5.41) is 0. The van der Waals surface area contributed by atoms with Gasteiger partial charge < -0.3 is 5.73 Å². The molecule has 0 amide bonds. The maximum Gasteiger partial charge on any atom is 1.00 e. The molecule has 1 rings (SSSR count). The largest absolute Gasteiger partial charge is 1.00 e. The van der Waals surface area contributed by atoms with Gasteiger partial charge in [-0.1, -0.05) is 0 Å². The third-order valence-corrected chi connectivity index (χ3v) is 1.01. The number of nitrogens with two attached hydrogens (primary N) is 1. The molecule has 0 saturated heterocycles. The zero-order valence-electron chi connectivity index (χ0n) is 5.59. The molecule has 0 spiro atoms. The first-order valence-corrected chi connectivity index (χ1v) is 2.58. The van der Waals surface area contributed by atoms with E-state index in [9.17, 15) is 0 Å². The molecule has 0 unspecified atom stereocenters.